The van der Waals surface area contributed by atoms with Crippen LogP contribution in [0.25, 0.3) is 0 Å². The Hall–Kier alpha value is -1.27. The summed E-state index contributed by atoms with van der Waals surface area (Å²) in [6.45, 7) is 8.94. The zero-order chi connectivity index (χ0) is 14.0. The van der Waals surface area contributed by atoms with Gasteiger partial charge in [-0.2, -0.15) is 0 Å². The summed E-state index contributed by atoms with van der Waals surface area (Å²) in [5.41, 5.74) is 5.64. The number of halogens is 1. The first-order valence-corrected chi connectivity index (χ1v) is 7.08. The molecule has 0 amide bonds. The highest BCUT2D eigenvalue weighted by Crippen LogP contribution is 2.26. The molecule has 19 heavy (non-hydrogen) atoms. The lowest BCUT2D eigenvalue weighted by atomic mass is 9.84. The highest BCUT2D eigenvalue weighted by molar-refractivity contribution is 6.30. The van der Waals surface area contributed by atoms with Crippen molar-refractivity contribution in [3.63, 3.8) is 0 Å². The van der Waals surface area contributed by atoms with Gasteiger partial charge in [0.1, 0.15) is 0 Å². The zero-order valence-electron chi connectivity index (χ0n) is 12.1. The van der Waals surface area contributed by atoms with Crippen molar-refractivity contribution in [2.24, 2.45) is 0 Å². The van der Waals surface area contributed by atoms with E-state index in [0.29, 0.717) is 0 Å². The van der Waals surface area contributed by atoms with E-state index in [1.54, 1.807) is 0 Å². The van der Waals surface area contributed by atoms with E-state index in [-0.39, 0.29) is 5.41 Å². The summed E-state index contributed by atoms with van der Waals surface area (Å²) in [5, 5.41) is 0.795. The highest BCUT2D eigenvalue weighted by atomic mass is 35.5. The number of hydrogen-bond acceptors (Lipinski definition) is 0. The van der Waals surface area contributed by atoms with Crippen LogP contribution in [0.5, 0.6) is 0 Å². The predicted octanol–water partition coefficient (Wildman–Crippen LogP) is 5.54. The van der Waals surface area contributed by atoms with Crippen molar-refractivity contribution in [3.8, 4) is 0 Å². The second kappa shape index (κ2) is 5.38. The summed E-state index contributed by atoms with van der Waals surface area (Å²) in [4.78, 5) is 0. The molecule has 0 atom stereocenters. The summed E-state index contributed by atoms with van der Waals surface area (Å²) in [5.74, 6) is 0. The van der Waals surface area contributed by atoms with E-state index >= 15 is 0 Å². The molecule has 0 bridgehead atoms. The van der Waals surface area contributed by atoms with E-state index in [1.807, 2.05) is 12.1 Å². The van der Waals surface area contributed by atoms with Gasteiger partial charge in [-0.1, -0.05) is 62.7 Å². The lowest BCUT2D eigenvalue weighted by Crippen LogP contribution is -2.11. The first kappa shape index (κ1) is 14.1. The Morgan fingerprint density at radius 2 is 1.58 bits per heavy atom. The molecule has 0 unspecified atom stereocenters. The Kier molecular flexibility index (Phi) is 4.01. The van der Waals surface area contributed by atoms with E-state index in [4.69, 9.17) is 11.6 Å². The zero-order valence-corrected chi connectivity index (χ0v) is 12.9. The first-order valence-electron chi connectivity index (χ1n) is 6.71. The fraction of sp³-hybridized carbons (Fsp3) is 0.333. The molecule has 0 nitrogen and oxygen atoms in total. The van der Waals surface area contributed by atoms with Crippen molar-refractivity contribution in [3.05, 3.63) is 69.7 Å². The third kappa shape index (κ3) is 3.61. The van der Waals surface area contributed by atoms with Crippen molar-refractivity contribution in [2.45, 2.75) is 39.5 Å². The third-order valence-electron chi connectivity index (χ3n) is 3.52. The van der Waals surface area contributed by atoms with Crippen molar-refractivity contribution in [1.82, 2.24) is 0 Å². The Labute approximate surface area is 121 Å². The number of rotatable bonds is 2. The minimum atomic E-state index is 0.197. The monoisotopic (exact) mass is 272 g/mol. The van der Waals surface area contributed by atoms with Gasteiger partial charge in [0.05, 0.1) is 0 Å². The topological polar surface area (TPSA) is 0 Å². The molecule has 0 saturated heterocycles. The molecule has 0 aliphatic rings. The summed E-state index contributed by atoms with van der Waals surface area (Å²) in [6.07, 6.45) is 0.965. The molecule has 0 aromatic heterocycles. The van der Waals surface area contributed by atoms with Crippen LogP contribution in [-0.2, 0) is 11.8 Å². The summed E-state index contributed by atoms with van der Waals surface area (Å²) in [7, 11) is 0. The Bertz CT molecular complexity index is 559. The summed E-state index contributed by atoms with van der Waals surface area (Å²) >= 11 is 5.93. The van der Waals surface area contributed by atoms with E-state index in [9.17, 15) is 0 Å². The lowest BCUT2D eigenvalue weighted by molar-refractivity contribution is 0.589. The van der Waals surface area contributed by atoms with Gasteiger partial charge in [-0.15, -0.1) is 0 Å². The normalized spacial score (nSPS) is 11.6. The van der Waals surface area contributed by atoms with Gasteiger partial charge in [0.25, 0.3) is 0 Å². The minimum Gasteiger partial charge on any atom is -0.0843 e. The van der Waals surface area contributed by atoms with Gasteiger partial charge in [0.2, 0.25) is 0 Å². The quantitative estimate of drug-likeness (QED) is 0.674. The molecule has 1 heteroatoms. The molecule has 0 aliphatic carbocycles. The smallest absolute Gasteiger partial charge is 0.0406 e. The molecule has 0 heterocycles. The lowest BCUT2D eigenvalue weighted by Gasteiger charge is -2.21. The molecular weight excluding hydrogens is 252 g/mol. The number of aryl methyl sites for hydroxylation is 1. The largest absolute Gasteiger partial charge is 0.0843 e. The van der Waals surface area contributed by atoms with E-state index in [0.717, 1.165) is 11.4 Å². The van der Waals surface area contributed by atoms with Crippen molar-refractivity contribution >= 4 is 11.6 Å². The molecule has 2 aromatic carbocycles. The van der Waals surface area contributed by atoms with Crippen LogP contribution in [0, 0.1) is 6.92 Å². The van der Waals surface area contributed by atoms with Gasteiger partial charge in [-0.25, -0.2) is 0 Å². The van der Waals surface area contributed by atoms with E-state index in [1.165, 1.54) is 22.3 Å². The number of hydrogen-bond donors (Lipinski definition) is 0. The maximum absolute atomic E-state index is 5.93. The maximum Gasteiger partial charge on any atom is 0.0406 e. The minimum absolute atomic E-state index is 0.197. The van der Waals surface area contributed by atoms with Gasteiger partial charge < -0.3 is 0 Å². The van der Waals surface area contributed by atoms with Gasteiger partial charge >= 0.3 is 0 Å². The average molecular weight is 273 g/mol. The van der Waals surface area contributed by atoms with Crippen LogP contribution in [0.3, 0.4) is 0 Å². The van der Waals surface area contributed by atoms with Crippen LogP contribution in [0.2, 0.25) is 5.02 Å². The van der Waals surface area contributed by atoms with Crippen LogP contribution < -0.4 is 0 Å². The van der Waals surface area contributed by atoms with Crippen molar-refractivity contribution in [2.75, 3.05) is 0 Å². The molecule has 100 valence electrons. The summed E-state index contributed by atoms with van der Waals surface area (Å²) in [6, 6.07) is 14.9. The Morgan fingerprint density at radius 3 is 2.16 bits per heavy atom. The van der Waals surface area contributed by atoms with Crippen LogP contribution in [0.4, 0.5) is 0 Å². The fourth-order valence-electron chi connectivity index (χ4n) is 2.15. The van der Waals surface area contributed by atoms with Crippen LogP contribution >= 0.6 is 11.6 Å². The first-order chi connectivity index (χ1) is 8.86. The second-order valence-corrected chi connectivity index (χ2v) is 6.63. The SMILES string of the molecule is Cc1ccc(C(C)(C)C)cc1Cc1ccc(Cl)cc1. The average Bonchev–Trinajstić information content (AvgIpc) is 2.33. The molecular formula is C18H21Cl. The molecule has 0 spiro atoms. The van der Waals surface area contributed by atoms with Gasteiger partial charge in [0, 0.05) is 5.02 Å². The van der Waals surface area contributed by atoms with Gasteiger partial charge in [-0.3, -0.25) is 0 Å². The fourth-order valence-corrected chi connectivity index (χ4v) is 2.28. The summed E-state index contributed by atoms with van der Waals surface area (Å²) < 4.78 is 0. The molecule has 0 N–H and O–H groups in total. The van der Waals surface area contributed by atoms with Crippen molar-refractivity contribution in [1.29, 1.82) is 0 Å². The van der Waals surface area contributed by atoms with Crippen LogP contribution in [0.15, 0.2) is 42.5 Å². The van der Waals surface area contributed by atoms with Crippen LogP contribution in [0.1, 0.15) is 43.0 Å². The molecule has 2 aromatic rings. The van der Waals surface area contributed by atoms with Crippen LogP contribution in [-0.4, -0.2) is 0 Å². The molecule has 0 aliphatic heterocycles. The Morgan fingerprint density at radius 1 is 0.947 bits per heavy atom. The van der Waals surface area contributed by atoms with Gasteiger partial charge in [0.15, 0.2) is 0 Å². The third-order valence-corrected chi connectivity index (χ3v) is 3.77. The van der Waals surface area contributed by atoms with E-state index in [2.05, 4.69) is 58.0 Å². The Balaban J connectivity index is 2.31. The molecule has 0 radical (unpaired) electrons. The molecule has 0 saturated carbocycles. The van der Waals surface area contributed by atoms with E-state index < -0.39 is 0 Å². The number of benzene rings is 2. The maximum atomic E-state index is 5.93. The molecule has 2 rings (SSSR count). The second-order valence-electron chi connectivity index (χ2n) is 6.19. The highest BCUT2D eigenvalue weighted by Gasteiger charge is 2.14. The van der Waals surface area contributed by atoms with Gasteiger partial charge in [-0.05, 0) is 53.1 Å². The predicted molar refractivity (Wildman–Crippen MR) is 84.1 cm³/mol. The standard InChI is InChI=1S/C18H21Cl/c1-13-5-8-16(18(2,3)4)12-15(13)11-14-6-9-17(19)10-7-14/h5-10,12H,11H2,1-4H3. The van der Waals surface area contributed by atoms with Crippen molar-refractivity contribution < 1.29 is 0 Å². The molecule has 0 fully saturated rings.